The summed E-state index contributed by atoms with van der Waals surface area (Å²) in [5.74, 6) is 0.865. The molecule has 4 rings (SSSR count). The van der Waals surface area contributed by atoms with E-state index in [2.05, 4.69) is 83.0 Å². The van der Waals surface area contributed by atoms with Crippen LogP contribution >= 0.6 is 0 Å². The Bertz CT molecular complexity index is 1040. The van der Waals surface area contributed by atoms with Gasteiger partial charge in [-0.15, -0.1) is 0 Å². The predicted octanol–water partition coefficient (Wildman–Crippen LogP) is 3.61. The quantitative estimate of drug-likeness (QED) is 0.375. The molecule has 6 heteroatoms. The molecule has 1 aliphatic heterocycles. The summed E-state index contributed by atoms with van der Waals surface area (Å²) in [5, 5.41) is 8.20. The molecule has 2 heterocycles. The number of H-pyrrole nitrogens is 1. The molecule has 0 saturated carbocycles. The van der Waals surface area contributed by atoms with Crippen LogP contribution in [0.15, 0.2) is 53.7 Å². The average molecular weight is 434 g/mol. The van der Waals surface area contributed by atoms with Crippen LogP contribution in [0.5, 0.6) is 0 Å². The molecule has 0 radical (unpaired) electrons. The SMILES string of the molecule is CCNC(=NCc1ccccc1CN1CCOCC1)NCCc1c[nH]c2c(C)cccc12. The number of ether oxygens (including phenoxy) is 1. The molecule has 1 aliphatic rings. The Morgan fingerprint density at radius 1 is 1.03 bits per heavy atom. The molecule has 3 aromatic rings. The van der Waals surface area contributed by atoms with Gasteiger partial charge in [-0.25, -0.2) is 4.99 Å². The van der Waals surface area contributed by atoms with Crippen molar-refractivity contribution in [2.45, 2.75) is 33.4 Å². The fraction of sp³-hybridized carbons (Fsp3) is 0.423. The number of aromatic nitrogens is 1. The normalized spacial score (nSPS) is 15.2. The van der Waals surface area contributed by atoms with Gasteiger partial charge in [-0.05, 0) is 42.5 Å². The second-order valence-corrected chi connectivity index (χ2v) is 8.34. The molecule has 0 spiro atoms. The van der Waals surface area contributed by atoms with Gasteiger partial charge in [-0.1, -0.05) is 42.5 Å². The zero-order chi connectivity index (χ0) is 22.2. The largest absolute Gasteiger partial charge is 0.379 e. The highest BCUT2D eigenvalue weighted by atomic mass is 16.5. The number of aromatic amines is 1. The molecule has 0 atom stereocenters. The van der Waals surface area contributed by atoms with Gasteiger partial charge in [0.1, 0.15) is 0 Å². The van der Waals surface area contributed by atoms with Crippen molar-refractivity contribution < 1.29 is 4.74 Å². The first-order chi connectivity index (χ1) is 15.7. The number of nitrogens with zero attached hydrogens (tertiary/aromatic N) is 2. The summed E-state index contributed by atoms with van der Waals surface area (Å²) in [4.78, 5) is 10.8. The molecule has 1 fully saturated rings. The number of hydrogen-bond donors (Lipinski definition) is 3. The highest BCUT2D eigenvalue weighted by molar-refractivity contribution is 5.86. The summed E-state index contributed by atoms with van der Waals surface area (Å²) in [6, 6.07) is 15.1. The van der Waals surface area contributed by atoms with E-state index in [0.29, 0.717) is 6.54 Å². The summed E-state index contributed by atoms with van der Waals surface area (Å²) in [6.45, 7) is 11.2. The lowest BCUT2D eigenvalue weighted by Crippen LogP contribution is -2.38. The van der Waals surface area contributed by atoms with E-state index in [1.165, 1.54) is 33.2 Å². The molecule has 170 valence electrons. The molecular weight excluding hydrogens is 398 g/mol. The van der Waals surface area contributed by atoms with E-state index in [-0.39, 0.29) is 0 Å². The van der Waals surface area contributed by atoms with Crippen LogP contribution in [0, 0.1) is 6.92 Å². The molecule has 2 aromatic carbocycles. The number of hydrogen-bond acceptors (Lipinski definition) is 3. The van der Waals surface area contributed by atoms with Crippen LogP contribution in [0.2, 0.25) is 0 Å². The Labute approximate surface area is 191 Å². The molecule has 0 unspecified atom stereocenters. The number of benzene rings is 2. The Hall–Kier alpha value is -2.83. The fourth-order valence-electron chi connectivity index (χ4n) is 4.26. The third-order valence-corrected chi connectivity index (χ3v) is 6.06. The van der Waals surface area contributed by atoms with Crippen LogP contribution in [0.25, 0.3) is 10.9 Å². The minimum atomic E-state index is 0.669. The van der Waals surface area contributed by atoms with Crippen molar-refractivity contribution in [1.29, 1.82) is 0 Å². The van der Waals surface area contributed by atoms with Crippen LogP contribution in [-0.2, 0) is 24.2 Å². The lowest BCUT2D eigenvalue weighted by Gasteiger charge is -2.27. The van der Waals surface area contributed by atoms with E-state index in [0.717, 1.165) is 58.3 Å². The van der Waals surface area contributed by atoms with Crippen LogP contribution in [-0.4, -0.2) is 55.2 Å². The van der Waals surface area contributed by atoms with Crippen molar-refractivity contribution >= 4 is 16.9 Å². The van der Waals surface area contributed by atoms with Gasteiger partial charge in [0.05, 0.1) is 19.8 Å². The number of guanidine groups is 1. The number of fused-ring (bicyclic) bond motifs is 1. The summed E-state index contributed by atoms with van der Waals surface area (Å²) >= 11 is 0. The third-order valence-electron chi connectivity index (χ3n) is 6.06. The maximum atomic E-state index is 5.49. The van der Waals surface area contributed by atoms with E-state index in [9.17, 15) is 0 Å². The van der Waals surface area contributed by atoms with Crippen LogP contribution in [0.1, 0.15) is 29.2 Å². The Kier molecular flexibility index (Phi) is 7.80. The van der Waals surface area contributed by atoms with Crippen molar-refractivity contribution in [3.8, 4) is 0 Å². The topological polar surface area (TPSA) is 64.7 Å². The van der Waals surface area contributed by atoms with E-state index < -0.39 is 0 Å². The standard InChI is InChI=1S/C26H35N5O/c1-3-27-26(28-12-11-22-18-29-25-20(2)7-6-10-24(22)25)30-17-21-8-4-5-9-23(21)19-31-13-15-32-16-14-31/h4-10,18,29H,3,11-17,19H2,1-2H3,(H2,27,28,30). The molecule has 1 saturated heterocycles. The smallest absolute Gasteiger partial charge is 0.191 e. The van der Waals surface area contributed by atoms with Crippen molar-refractivity contribution in [3.05, 3.63) is 70.9 Å². The average Bonchev–Trinajstić information content (AvgIpc) is 3.23. The summed E-state index contributed by atoms with van der Waals surface area (Å²) in [7, 11) is 0. The molecule has 3 N–H and O–H groups in total. The van der Waals surface area contributed by atoms with Gasteiger partial charge in [-0.3, -0.25) is 4.90 Å². The number of rotatable bonds is 8. The molecular formula is C26H35N5O. The predicted molar refractivity (Wildman–Crippen MR) is 132 cm³/mol. The number of para-hydroxylation sites is 1. The van der Waals surface area contributed by atoms with Crippen molar-refractivity contribution in [2.75, 3.05) is 39.4 Å². The monoisotopic (exact) mass is 433 g/mol. The highest BCUT2D eigenvalue weighted by Crippen LogP contribution is 2.21. The second-order valence-electron chi connectivity index (χ2n) is 8.34. The zero-order valence-electron chi connectivity index (χ0n) is 19.3. The lowest BCUT2D eigenvalue weighted by atomic mass is 10.1. The van der Waals surface area contributed by atoms with Gasteiger partial charge in [0.25, 0.3) is 0 Å². The molecule has 32 heavy (non-hydrogen) atoms. The minimum absolute atomic E-state index is 0.669. The lowest BCUT2D eigenvalue weighted by molar-refractivity contribution is 0.0341. The van der Waals surface area contributed by atoms with Gasteiger partial charge in [-0.2, -0.15) is 0 Å². The van der Waals surface area contributed by atoms with Gasteiger partial charge < -0.3 is 20.4 Å². The van der Waals surface area contributed by atoms with Crippen LogP contribution in [0.4, 0.5) is 0 Å². The number of morpholine rings is 1. The van der Waals surface area contributed by atoms with Crippen LogP contribution in [0.3, 0.4) is 0 Å². The zero-order valence-corrected chi connectivity index (χ0v) is 19.3. The van der Waals surface area contributed by atoms with Gasteiger partial charge in [0, 0.05) is 49.8 Å². The first-order valence-corrected chi connectivity index (χ1v) is 11.7. The van der Waals surface area contributed by atoms with E-state index in [4.69, 9.17) is 9.73 Å². The maximum Gasteiger partial charge on any atom is 0.191 e. The summed E-state index contributed by atoms with van der Waals surface area (Å²) in [5.41, 5.74) is 6.49. The van der Waals surface area contributed by atoms with Gasteiger partial charge in [0.15, 0.2) is 5.96 Å². The fourth-order valence-corrected chi connectivity index (χ4v) is 4.26. The molecule has 0 bridgehead atoms. The third kappa shape index (κ3) is 5.69. The number of aryl methyl sites for hydroxylation is 1. The number of nitrogens with one attached hydrogen (secondary N) is 3. The first kappa shape index (κ1) is 22.4. The Balaban J connectivity index is 1.37. The highest BCUT2D eigenvalue weighted by Gasteiger charge is 2.12. The summed E-state index contributed by atoms with van der Waals surface area (Å²) < 4.78 is 5.49. The molecule has 6 nitrogen and oxygen atoms in total. The first-order valence-electron chi connectivity index (χ1n) is 11.7. The Morgan fingerprint density at radius 2 is 1.84 bits per heavy atom. The second kappa shape index (κ2) is 11.2. The van der Waals surface area contributed by atoms with E-state index >= 15 is 0 Å². The summed E-state index contributed by atoms with van der Waals surface area (Å²) in [6.07, 6.45) is 3.08. The van der Waals surface area contributed by atoms with Crippen LogP contribution < -0.4 is 10.6 Å². The maximum absolute atomic E-state index is 5.49. The number of aliphatic imine (C=N–C) groups is 1. The van der Waals surface area contributed by atoms with E-state index in [1.807, 2.05) is 0 Å². The van der Waals surface area contributed by atoms with Gasteiger partial charge >= 0.3 is 0 Å². The van der Waals surface area contributed by atoms with Crippen molar-refractivity contribution in [1.82, 2.24) is 20.5 Å². The molecule has 1 aromatic heterocycles. The molecule has 0 aliphatic carbocycles. The van der Waals surface area contributed by atoms with Gasteiger partial charge in [0.2, 0.25) is 0 Å². The van der Waals surface area contributed by atoms with E-state index in [1.54, 1.807) is 0 Å². The molecule has 0 amide bonds. The minimum Gasteiger partial charge on any atom is -0.379 e. The van der Waals surface area contributed by atoms with Crippen molar-refractivity contribution in [2.24, 2.45) is 4.99 Å². The Morgan fingerprint density at radius 3 is 2.66 bits per heavy atom. The van der Waals surface area contributed by atoms with Crippen molar-refractivity contribution in [3.63, 3.8) is 0 Å².